The molecule has 0 atom stereocenters. The fraction of sp³-hybridized carbons (Fsp3) is 0.538. The third-order valence-electron chi connectivity index (χ3n) is 3.97. The summed E-state index contributed by atoms with van der Waals surface area (Å²) >= 11 is 0. The molecule has 0 saturated carbocycles. The lowest BCUT2D eigenvalue weighted by Gasteiger charge is -2.32. The van der Waals surface area contributed by atoms with Crippen molar-refractivity contribution in [1.82, 2.24) is 0 Å². The summed E-state index contributed by atoms with van der Waals surface area (Å²) in [6, 6.07) is 3.79. The van der Waals surface area contributed by atoms with E-state index in [1.54, 1.807) is 0 Å². The Morgan fingerprint density at radius 2 is 1.50 bits per heavy atom. The van der Waals surface area contributed by atoms with Crippen LogP contribution in [-0.4, -0.2) is 18.3 Å². The smallest absolute Gasteiger partial charge is 0.399 e. The molecule has 0 aliphatic carbocycles. The van der Waals surface area contributed by atoms with Gasteiger partial charge in [-0.1, -0.05) is 6.07 Å². The van der Waals surface area contributed by atoms with Gasteiger partial charge < -0.3 is 20.8 Å². The highest BCUT2D eigenvalue weighted by atomic mass is 16.7. The Morgan fingerprint density at radius 3 is 1.94 bits per heavy atom. The maximum Gasteiger partial charge on any atom is 0.494 e. The standard InChI is InChI=1S/C13H21BN2O2/c1-8-6-9(7-10(15)11(8)16)14-17-12(2,3)13(4,5)18-14/h6-7H,15-16H2,1-5H3. The van der Waals surface area contributed by atoms with Crippen LogP contribution in [0.5, 0.6) is 0 Å². The Balaban J connectivity index is 2.36. The van der Waals surface area contributed by atoms with Gasteiger partial charge in [-0.25, -0.2) is 0 Å². The molecule has 1 aliphatic heterocycles. The van der Waals surface area contributed by atoms with Crippen molar-refractivity contribution in [3.63, 3.8) is 0 Å². The molecule has 4 N–H and O–H groups in total. The lowest BCUT2D eigenvalue weighted by Crippen LogP contribution is -2.41. The molecule has 1 aromatic carbocycles. The number of anilines is 2. The van der Waals surface area contributed by atoms with E-state index in [2.05, 4.69) is 0 Å². The van der Waals surface area contributed by atoms with Gasteiger partial charge in [-0.05, 0) is 51.7 Å². The van der Waals surface area contributed by atoms with Crippen molar-refractivity contribution in [2.45, 2.75) is 45.8 Å². The number of aryl methyl sites for hydroxylation is 1. The molecular weight excluding hydrogens is 227 g/mol. The lowest BCUT2D eigenvalue weighted by molar-refractivity contribution is 0.00578. The van der Waals surface area contributed by atoms with E-state index in [4.69, 9.17) is 20.8 Å². The predicted octanol–water partition coefficient (Wildman–Crippen LogP) is 1.46. The Kier molecular flexibility index (Phi) is 2.87. The zero-order chi connectivity index (χ0) is 13.7. The zero-order valence-corrected chi connectivity index (χ0v) is 11.7. The maximum absolute atomic E-state index is 5.98. The third kappa shape index (κ3) is 1.97. The quantitative estimate of drug-likeness (QED) is 0.583. The first kappa shape index (κ1) is 13.2. The average molecular weight is 248 g/mol. The molecule has 0 radical (unpaired) electrons. The summed E-state index contributed by atoms with van der Waals surface area (Å²) in [6.07, 6.45) is 0. The van der Waals surface area contributed by atoms with Crippen LogP contribution in [0.2, 0.25) is 0 Å². The fourth-order valence-corrected chi connectivity index (χ4v) is 1.97. The zero-order valence-electron chi connectivity index (χ0n) is 11.7. The molecule has 0 unspecified atom stereocenters. The van der Waals surface area contributed by atoms with Gasteiger partial charge in [0.05, 0.1) is 22.6 Å². The average Bonchev–Trinajstić information content (AvgIpc) is 2.44. The number of hydrogen-bond acceptors (Lipinski definition) is 4. The number of benzene rings is 1. The fourth-order valence-electron chi connectivity index (χ4n) is 1.97. The van der Waals surface area contributed by atoms with Crippen molar-refractivity contribution in [3.8, 4) is 0 Å². The molecule has 1 aromatic rings. The van der Waals surface area contributed by atoms with Crippen molar-refractivity contribution in [3.05, 3.63) is 17.7 Å². The van der Waals surface area contributed by atoms with Crippen LogP contribution in [0.3, 0.4) is 0 Å². The van der Waals surface area contributed by atoms with Crippen molar-refractivity contribution in [2.24, 2.45) is 0 Å². The van der Waals surface area contributed by atoms with Crippen molar-refractivity contribution < 1.29 is 9.31 Å². The van der Waals surface area contributed by atoms with Crippen LogP contribution in [0.4, 0.5) is 11.4 Å². The lowest BCUT2D eigenvalue weighted by atomic mass is 9.78. The van der Waals surface area contributed by atoms with Crippen LogP contribution in [0.15, 0.2) is 12.1 Å². The van der Waals surface area contributed by atoms with Crippen LogP contribution in [0.1, 0.15) is 33.3 Å². The molecule has 98 valence electrons. The van der Waals surface area contributed by atoms with Gasteiger partial charge in [0.2, 0.25) is 0 Å². The molecule has 0 amide bonds. The number of nitrogen functional groups attached to an aromatic ring is 2. The van der Waals surface area contributed by atoms with Gasteiger partial charge in [0.1, 0.15) is 0 Å². The summed E-state index contributed by atoms with van der Waals surface area (Å²) in [5.41, 5.74) is 14.1. The SMILES string of the molecule is Cc1cc(B2OC(C)(C)C(C)(C)O2)cc(N)c1N. The van der Waals surface area contributed by atoms with E-state index in [-0.39, 0.29) is 11.2 Å². The maximum atomic E-state index is 5.98. The first-order chi connectivity index (χ1) is 8.14. The van der Waals surface area contributed by atoms with Gasteiger partial charge in [-0.15, -0.1) is 0 Å². The minimum Gasteiger partial charge on any atom is -0.399 e. The Hall–Kier alpha value is -1.20. The van der Waals surface area contributed by atoms with E-state index in [1.165, 1.54) is 0 Å². The number of hydrogen-bond donors (Lipinski definition) is 2. The van der Waals surface area contributed by atoms with Crippen LogP contribution in [0.25, 0.3) is 0 Å². The molecular formula is C13H21BN2O2. The minimum absolute atomic E-state index is 0.346. The molecule has 0 spiro atoms. The molecule has 1 saturated heterocycles. The molecule has 1 fully saturated rings. The van der Waals surface area contributed by atoms with E-state index in [9.17, 15) is 0 Å². The normalized spacial score (nSPS) is 21.3. The van der Waals surface area contributed by atoms with E-state index in [0.717, 1.165) is 11.0 Å². The van der Waals surface area contributed by atoms with Gasteiger partial charge in [-0.3, -0.25) is 0 Å². The molecule has 0 aromatic heterocycles. The van der Waals surface area contributed by atoms with E-state index in [1.807, 2.05) is 46.8 Å². The summed E-state index contributed by atoms with van der Waals surface area (Å²) in [4.78, 5) is 0. The molecule has 5 heteroatoms. The summed E-state index contributed by atoms with van der Waals surface area (Å²) in [5, 5.41) is 0. The van der Waals surface area contributed by atoms with Gasteiger partial charge in [-0.2, -0.15) is 0 Å². The summed E-state index contributed by atoms with van der Waals surface area (Å²) < 4.78 is 12.0. The van der Waals surface area contributed by atoms with Crippen LogP contribution in [0, 0.1) is 6.92 Å². The first-order valence-electron chi connectivity index (χ1n) is 6.15. The molecule has 2 rings (SSSR count). The van der Waals surface area contributed by atoms with E-state index >= 15 is 0 Å². The van der Waals surface area contributed by atoms with Gasteiger partial charge in [0.15, 0.2) is 0 Å². The predicted molar refractivity (Wildman–Crippen MR) is 75.7 cm³/mol. The third-order valence-corrected chi connectivity index (χ3v) is 3.97. The first-order valence-corrected chi connectivity index (χ1v) is 6.15. The second-order valence-corrected chi connectivity index (χ2v) is 5.93. The number of nitrogens with two attached hydrogens (primary N) is 2. The largest absolute Gasteiger partial charge is 0.494 e. The van der Waals surface area contributed by atoms with E-state index < -0.39 is 7.12 Å². The van der Waals surface area contributed by atoms with Gasteiger partial charge in [0, 0.05) is 0 Å². The second kappa shape index (κ2) is 3.90. The molecule has 1 heterocycles. The van der Waals surface area contributed by atoms with Crippen LogP contribution >= 0.6 is 0 Å². The highest BCUT2D eigenvalue weighted by Gasteiger charge is 2.51. The molecule has 0 bridgehead atoms. The highest BCUT2D eigenvalue weighted by Crippen LogP contribution is 2.36. The second-order valence-electron chi connectivity index (χ2n) is 5.93. The Morgan fingerprint density at radius 1 is 1.00 bits per heavy atom. The van der Waals surface area contributed by atoms with E-state index in [0.29, 0.717) is 11.4 Å². The van der Waals surface area contributed by atoms with Crippen LogP contribution < -0.4 is 16.9 Å². The van der Waals surface area contributed by atoms with Crippen LogP contribution in [-0.2, 0) is 9.31 Å². The summed E-state index contributed by atoms with van der Waals surface area (Å²) in [7, 11) is -0.392. The van der Waals surface area contributed by atoms with Crippen molar-refractivity contribution >= 4 is 24.0 Å². The Labute approximate surface area is 109 Å². The van der Waals surface area contributed by atoms with Gasteiger partial charge in [0.25, 0.3) is 0 Å². The monoisotopic (exact) mass is 248 g/mol. The molecule has 1 aliphatic rings. The molecule has 18 heavy (non-hydrogen) atoms. The number of rotatable bonds is 1. The highest BCUT2D eigenvalue weighted by molar-refractivity contribution is 6.62. The van der Waals surface area contributed by atoms with Crippen molar-refractivity contribution in [2.75, 3.05) is 11.5 Å². The topological polar surface area (TPSA) is 70.5 Å². The van der Waals surface area contributed by atoms with Crippen molar-refractivity contribution in [1.29, 1.82) is 0 Å². The minimum atomic E-state index is -0.392. The summed E-state index contributed by atoms with van der Waals surface area (Å²) in [6.45, 7) is 10.0. The molecule has 4 nitrogen and oxygen atoms in total. The summed E-state index contributed by atoms with van der Waals surface area (Å²) in [5.74, 6) is 0. The van der Waals surface area contributed by atoms with Gasteiger partial charge >= 0.3 is 7.12 Å². The Bertz CT molecular complexity index is 447.